The summed E-state index contributed by atoms with van der Waals surface area (Å²) in [6.45, 7) is 5.14. The lowest BCUT2D eigenvalue weighted by atomic mass is 9.76. The largest absolute Gasteiger partial charge is 0.496 e. The number of aryl methyl sites for hydroxylation is 1. The van der Waals surface area contributed by atoms with Gasteiger partial charge < -0.3 is 38.6 Å². The molecule has 330 valence electrons. The molecule has 1 aromatic heterocycles. The van der Waals surface area contributed by atoms with Crippen molar-refractivity contribution in [3.63, 3.8) is 0 Å². The Kier molecular flexibility index (Phi) is 12.1. The lowest BCUT2D eigenvalue weighted by Gasteiger charge is -2.38. The van der Waals surface area contributed by atoms with E-state index < -0.39 is 29.7 Å². The molecule has 3 saturated heterocycles. The Labute approximate surface area is 360 Å². The van der Waals surface area contributed by atoms with Gasteiger partial charge in [0.05, 0.1) is 50.2 Å². The predicted molar refractivity (Wildman–Crippen MR) is 226 cm³/mol. The predicted octanol–water partition coefficient (Wildman–Crippen LogP) is 2.55. The Bertz CT molecular complexity index is 2330. The molecular weight excluding hydrogens is 799 g/mol. The fourth-order valence-corrected chi connectivity index (χ4v) is 9.61. The Morgan fingerprint density at radius 3 is 2.35 bits per heavy atom. The van der Waals surface area contributed by atoms with Gasteiger partial charge in [0.2, 0.25) is 11.8 Å². The number of ether oxygens (including phenoxy) is 4. The first-order chi connectivity index (χ1) is 29.8. The molecule has 2 atom stereocenters. The summed E-state index contributed by atoms with van der Waals surface area (Å²) >= 11 is 0. The minimum absolute atomic E-state index is 0.0384. The van der Waals surface area contributed by atoms with Gasteiger partial charge in [0.15, 0.2) is 0 Å². The Balaban J connectivity index is 0.807. The topological polar surface area (TPSA) is 181 Å². The number of nitrogens with one attached hydrogen (secondary N) is 2. The zero-order valence-corrected chi connectivity index (χ0v) is 36.0. The van der Waals surface area contributed by atoms with E-state index in [9.17, 15) is 28.8 Å². The highest BCUT2D eigenvalue weighted by Crippen LogP contribution is 2.42. The maximum absolute atomic E-state index is 13.5. The molecule has 1 spiro atoms. The molecular formula is C45H55N7O10. The van der Waals surface area contributed by atoms with E-state index in [1.54, 1.807) is 48.9 Å². The minimum Gasteiger partial charge on any atom is -0.496 e. The number of carbonyl (C=O) groups excluding carboxylic acids is 5. The highest BCUT2D eigenvalue weighted by Gasteiger charge is 2.45. The van der Waals surface area contributed by atoms with E-state index in [4.69, 9.17) is 18.9 Å². The number of hydrogen-bond acceptors (Lipinski definition) is 12. The molecule has 62 heavy (non-hydrogen) atoms. The first-order valence-corrected chi connectivity index (χ1v) is 21.2. The van der Waals surface area contributed by atoms with Gasteiger partial charge in [-0.1, -0.05) is 0 Å². The van der Waals surface area contributed by atoms with Crippen molar-refractivity contribution in [2.75, 3.05) is 74.3 Å². The second-order valence-corrected chi connectivity index (χ2v) is 17.4. The number of pyridine rings is 1. The number of likely N-dealkylation sites (tertiary alicyclic amines) is 1. The van der Waals surface area contributed by atoms with Gasteiger partial charge in [-0.05, 0) is 106 Å². The summed E-state index contributed by atoms with van der Waals surface area (Å²) in [5.41, 5.74) is 4.58. The molecule has 0 saturated carbocycles. The van der Waals surface area contributed by atoms with Gasteiger partial charge in [0.1, 0.15) is 29.9 Å². The zero-order valence-electron chi connectivity index (χ0n) is 36.0. The minimum atomic E-state index is -1.02. The number of fused-ring (bicyclic) bond motifs is 2. The summed E-state index contributed by atoms with van der Waals surface area (Å²) in [4.78, 5) is 84.3. The number of nitrogens with zero attached hydrogens (tertiary/aromatic N) is 5. The quantitative estimate of drug-likeness (QED) is 0.255. The second-order valence-electron chi connectivity index (χ2n) is 17.4. The summed E-state index contributed by atoms with van der Waals surface area (Å²) in [7, 11) is 8.99. The molecule has 0 radical (unpaired) electrons. The van der Waals surface area contributed by atoms with Crippen LogP contribution in [0.2, 0.25) is 0 Å². The third-order valence-electron chi connectivity index (χ3n) is 13.0. The van der Waals surface area contributed by atoms with Gasteiger partial charge in [0.25, 0.3) is 17.4 Å². The second kappa shape index (κ2) is 17.5. The normalized spacial score (nSPS) is 21.0. The van der Waals surface area contributed by atoms with Crippen molar-refractivity contribution in [1.82, 2.24) is 34.8 Å². The Hall–Kier alpha value is -5.78. The first kappa shape index (κ1) is 42.9. The third kappa shape index (κ3) is 8.40. The summed E-state index contributed by atoms with van der Waals surface area (Å²) in [5.74, 6) is -0.307. The Morgan fingerprint density at radius 2 is 1.66 bits per heavy atom. The number of hydrogen-bond donors (Lipinski definition) is 2. The van der Waals surface area contributed by atoms with Crippen LogP contribution in [-0.2, 0) is 40.9 Å². The highest BCUT2D eigenvalue weighted by molar-refractivity contribution is 6.23. The maximum atomic E-state index is 13.5. The number of piperidine rings is 2. The van der Waals surface area contributed by atoms with Gasteiger partial charge >= 0.3 is 6.03 Å². The average Bonchev–Trinajstić information content (AvgIpc) is 3.77. The summed E-state index contributed by atoms with van der Waals surface area (Å²) < 4.78 is 25.4. The van der Waals surface area contributed by atoms with Crippen molar-refractivity contribution in [2.24, 2.45) is 12.5 Å². The molecule has 0 aliphatic carbocycles. The summed E-state index contributed by atoms with van der Waals surface area (Å²) in [6.07, 6.45) is 5.20. The van der Waals surface area contributed by atoms with Crippen LogP contribution in [0.1, 0.15) is 69.5 Å². The van der Waals surface area contributed by atoms with Gasteiger partial charge in [-0.15, -0.1) is 0 Å². The molecule has 5 aliphatic rings. The number of imide groups is 2. The van der Waals surface area contributed by atoms with Crippen molar-refractivity contribution < 1.29 is 42.9 Å². The SMILES string of the molecule is COc1cc(-c2cn(C)c(=O)c3c2CCN(C(=O)NCC2CC4(CCN(CCOc5ccc6c(c5)C(=O)N(C5CCC(=O)NC5=O)C6=O)CC4)CO2)C3)cc(OC)c1CN(C)C. The monoisotopic (exact) mass is 853 g/mol. The number of benzene rings is 2. The molecule has 0 bridgehead atoms. The number of urea groups is 1. The first-order valence-electron chi connectivity index (χ1n) is 21.2. The molecule has 3 fully saturated rings. The zero-order chi connectivity index (χ0) is 43.9. The van der Waals surface area contributed by atoms with Gasteiger partial charge in [-0.25, -0.2) is 4.79 Å². The van der Waals surface area contributed by atoms with E-state index in [2.05, 4.69) is 20.4 Å². The smallest absolute Gasteiger partial charge is 0.317 e. The number of aromatic nitrogens is 1. The van der Waals surface area contributed by atoms with Gasteiger partial charge in [-0.2, -0.15) is 0 Å². The van der Waals surface area contributed by atoms with Gasteiger partial charge in [-0.3, -0.25) is 39.1 Å². The molecule has 3 aromatic rings. The maximum Gasteiger partial charge on any atom is 0.317 e. The van der Waals surface area contributed by atoms with Crippen molar-refractivity contribution in [3.05, 3.63) is 74.7 Å². The molecule has 2 aromatic carbocycles. The summed E-state index contributed by atoms with van der Waals surface area (Å²) in [5, 5.41) is 5.30. The lowest BCUT2D eigenvalue weighted by Crippen LogP contribution is -2.54. The summed E-state index contributed by atoms with van der Waals surface area (Å²) in [6, 6.07) is 7.49. The van der Waals surface area contributed by atoms with Crippen LogP contribution >= 0.6 is 0 Å². The van der Waals surface area contributed by atoms with Crippen LogP contribution in [0.5, 0.6) is 17.2 Å². The van der Waals surface area contributed by atoms with Gasteiger partial charge in [0, 0.05) is 57.0 Å². The van der Waals surface area contributed by atoms with Crippen LogP contribution < -0.4 is 30.4 Å². The van der Waals surface area contributed by atoms with Crippen LogP contribution in [0, 0.1) is 5.41 Å². The number of rotatable bonds is 12. The highest BCUT2D eigenvalue weighted by atomic mass is 16.5. The fraction of sp³-hybridized carbons (Fsp3) is 0.511. The van der Waals surface area contributed by atoms with E-state index in [0.717, 1.165) is 59.5 Å². The molecule has 6 heterocycles. The van der Waals surface area contributed by atoms with E-state index in [0.29, 0.717) is 68.6 Å². The van der Waals surface area contributed by atoms with Crippen LogP contribution in [-0.4, -0.2) is 140 Å². The van der Waals surface area contributed by atoms with Crippen LogP contribution in [0.25, 0.3) is 11.1 Å². The average molecular weight is 854 g/mol. The molecule has 2 unspecified atom stereocenters. The Morgan fingerprint density at radius 1 is 0.935 bits per heavy atom. The molecule has 17 heteroatoms. The third-order valence-corrected chi connectivity index (χ3v) is 13.0. The standard InChI is InChI=1S/C45H55N7O10/c1-48(2)23-35-37(59-4)18-27(19-38(35)60-5)33-24-49(3)41(55)34-25-51(13-10-30(33)34)44(58)46-22-29-21-45(26-62-29)11-14-50(15-12-45)16-17-61-28-6-7-31-32(20-28)43(57)52(42(31)56)36-8-9-39(53)47-40(36)54/h6-7,18-20,24,29,36H,8-17,21-23,25-26H2,1-5H3,(H,46,58)(H,47,53,54). The van der Waals surface area contributed by atoms with Crippen LogP contribution in [0.3, 0.4) is 0 Å². The lowest BCUT2D eigenvalue weighted by molar-refractivity contribution is -0.136. The van der Waals surface area contributed by atoms with Crippen molar-refractivity contribution in [1.29, 1.82) is 0 Å². The molecule has 8 rings (SSSR count). The van der Waals surface area contributed by atoms with E-state index >= 15 is 0 Å². The number of amides is 6. The fourth-order valence-electron chi connectivity index (χ4n) is 9.61. The number of methoxy groups -OCH3 is 2. The molecule has 2 N–H and O–H groups in total. The van der Waals surface area contributed by atoms with Crippen molar-refractivity contribution >= 4 is 29.7 Å². The molecule has 6 amide bonds. The van der Waals surface area contributed by atoms with Crippen LogP contribution in [0.4, 0.5) is 4.79 Å². The number of carbonyl (C=O) groups is 5. The van der Waals surface area contributed by atoms with Crippen LogP contribution in [0.15, 0.2) is 41.3 Å². The van der Waals surface area contributed by atoms with Crippen molar-refractivity contribution in [3.8, 4) is 28.4 Å². The van der Waals surface area contributed by atoms with Crippen molar-refractivity contribution in [2.45, 2.75) is 63.8 Å². The molecule has 5 aliphatic heterocycles. The van der Waals surface area contributed by atoms with E-state index in [-0.39, 0.29) is 53.6 Å². The van der Waals surface area contributed by atoms with E-state index in [1.165, 1.54) is 0 Å². The van der Waals surface area contributed by atoms with E-state index in [1.807, 2.05) is 32.4 Å². The molecule has 17 nitrogen and oxygen atoms in total.